The number of aliphatic hydroxyl groups is 1. The minimum atomic E-state index is -0.446. The second-order valence-electron chi connectivity index (χ2n) is 4.48. The second kappa shape index (κ2) is 6.35. The molecule has 1 atom stereocenters. The van der Waals surface area contributed by atoms with Crippen LogP contribution in [0.25, 0.3) is 0 Å². The van der Waals surface area contributed by atoms with E-state index in [4.69, 9.17) is 0 Å². The van der Waals surface area contributed by atoms with E-state index in [-0.39, 0.29) is 12.3 Å². The molecule has 5 heteroatoms. The molecule has 0 radical (unpaired) electrons. The van der Waals surface area contributed by atoms with Crippen molar-refractivity contribution >= 4 is 11.4 Å². The summed E-state index contributed by atoms with van der Waals surface area (Å²) in [5, 5.41) is 20.0. The van der Waals surface area contributed by atoms with Gasteiger partial charge in [0.1, 0.15) is 0 Å². The summed E-state index contributed by atoms with van der Waals surface area (Å²) in [6, 6.07) is 4.95. The maximum atomic E-state index is 10.7. The molecule has 1 aromatic carbocycles. The highest BCUT2D eigenvalue weighted by atomic mass is 16.6. The number of non-ortho nitro benzene ring substituents is 1. The summed E-state index contributed by atoms with van der Waals surface area (Å²) in [4.78, 5) is 12.3. The second-order valence-corrected chi connectivity index (χ2v) is 4.48. The zero-order chi connectivity index (χ0) is 13.7. The fourth-order valence-corrected chi connectivity index (χ4v) is 2.01. The molecule has 1 rings (SSSR count). The van der Waals surface area contributed by atoms with Gasteiger partial charge in [0.05, 0.1) is 11.5 Å². The summed E-state index contributed by atoms with van der Waals surface area (Å²) in [6.45, 7) is 4.03. The van der Waals surface area contributed by atoms with Gasteiger partial charge in [-0.3, -0.25) is 10.1 Å². The Hall–Kier alpha value is -1.62. The zero-order valence-electron chi connectivity index (χ0n) is 11.1. The van der Waals surface area contributed by atoms with Crippen molar-refractivity contribution in [3.05, 3.63) is 33.9 Å². The Bertz CT molecular complexity index is 421. The third kappa shape index (κ3) is 3.20. The lowest BCUT2D eigenvalue weighted by Gasteiger charge is -2.28. The minimum Gasteiger partial charge on any atom is -0.392 e. The Morgan fingerprint density at radius 2 is 2.17 bits per heavy atom. The van der Waals surface area contributed by atoms with E-state index in [1.807, 2.05) is 7.05 Å². The SMILES string of the molecule is CCCC(C)N(C)c1ccc([N+](=O)[O-])cc1CO. The predicted octanol–water partition coefficient (Wildman–Crippen LogP) is 2.71. The Balaban J connectivity index is 3.05. The van der Waals surface area contributed by atoms with Crippen LogP contribution >= 0.6 is 0 Å². The molecule has 0 saturated heterocycles. The molecule has 0 saturated carbocycles. The zero-order valence-corrected chi connectivity index (χ0v) is 11.1. The van der Waals surface area contributed by atoms with Crippen molar-refractivity contribution in [2.45, 2.75) is 39.3 Å². The number of hydrogen-bond acceptors (Lipinski definition) is 4. The Morgan fingerprint density at radius 1 is 1.50 bits per heavy atom. The van der Waals surface area contributed by atoms with Crippen molar-refractivity contribution in [3.8, 4) is 0 Å². The lowest BCUT2D eigenvalue weighted by molar-refractivity contribution is -0.384. The van der Waals surface area contributed by atoms with Gasteiger partial charge in [0, 0.05) is 36.5 Å². The van der Waals surface area contributed by atoms with E-state index in [1.54, 1.807) is 6.07 Å². The standard InChI is InChI=1S/C13H20N2O3/c1-4-5-10(2)14(3)13-7-6-12(15(17)18)8-11(13)9-16/h6-8,10,16H,4-5,9H2,1-3H3. The summed E-state index contributed by atoms with van der Waals surface area (Å²) >= 11 is 0. The van der Waals surface area contributed by atoms with Crippen LogP contribution in [0.1, 0.15) is 32.3 Å². The van der Waals surface area contributed by atoms with Gasteiger partial charge in [0.25, 0.3) is 5.69 Å². The molecule has 18 heavy (non-hydrogen) atoms. The number of benzene rings is 1. The van der Waals surface area contributed by atoms with Crippen LogP contribution in [0.2, 0.25) is 0 Å². The quantitative estimate of drug-likeness (QED) is 0.624. The maximum absolute atomic E-state index is 10.7. The summed E-state index contributed by atoms with van der Waals surface area (Å²) in [6.07, 6.45) is 2.12. The first-order chi connectivity index (χ1) is 8.51. The van der Waals surface area contributed by atoms with Crippen molar-refractivity contribution in [2.75, 3.05) is 11.9 Å². The van der Waals surface area contributed by atoms with Crippen LogP contribution in [0.15, 0.2) is 18.2 Å². The van der Waals surface area contributed by atoms with E-state index in [0.29, 0.717) is 11.6 Å². The summed E-state index contributed by atoms with van der Waals surface area (Å²) < 4.78 is 0. The van der Waals surface area contributed by atoms with E-state index in [1.165, 1.54) is 12.1 Å². The highest BCUT2D eigenvalue weighted by Crippen LogP contribution is 2.26. The number of hydrogen-bond donors (Lipinski definition) is 1. The molecule has 0 fully saturated rings. The van der Waals surface area contributed by atoms with E-state index >= 15 is 0 Å². The minimum absolute atomic E-state index is 0.0133. The average molecular weight is 252 g/mol. The van der Waals surface area contributed by atoms with Crippen LogP contribution in [-0.2, 0) is 6.61 Å². The molecule has 0 aromatic heterocycles. The van der Waals surface area contributed by atoms with Crippen LogP contribution in [0.5, 0.6) is 0 Å². The topological polar surface area (TPSA) is 66.6 Å². The lowest BCUT2D eigenvalue weighted by Crippen LogP contribution is -2.29. The number of rotatable bonds is 6. The Labute approximate surface area is 107 Å². The number of nitro groups is 1. The molecule has 1 aromatic rings. The average Bonchev–Trinajstić information content (AvgIpc) is 2.37. The number of aliphatic hydroxyl groups excluding tert-OH is 1. The first-order valence-corrected chi connectivity index (χ1v) is 6.12. The van der Waals surface area contributed by atoms with E-state index in [0.717, 1.165) is 18.5 Å². The third-order valence-corrected chi connectivity index (χ3v) is 3.19. The normalized spacial score (nSPS) is 12.2. The number of anilines is 1. The van der Waals surface area contributed by atoms with Gasteiger partial charge in [0.2, 0.25) is 0 Å². The van der Waals surface area contributed by atoms with E-state index in [2.05, 4.69) is 18.7 Å². The van der Waals surface area contributed by atoms with Crippen LogP contribution in [0, 0.1) is 10.1 Å². The third-order valence-electron chi connectivity index (χ3n) is 3.19. The molecule has 5 nitrogen and oxygen atoms in total. The molecular formula is C13H20N2O3. The molecule has 0 aliphatic heterocycles. The van der Waals surface area contributed by atoms with Crippen LogP contribution in [0.3, 0.4) is 0 Å². The van der Waals surface area contributed by atoms with Crippen molar-refractivity contribution in [1.29, 1.82) is 0 Å². The van der Waals surface area contributed by atoms with Gasteiger partial charge in [-0.05, 0) is 19.4 Å². The molecule has 0 bridgehead atoms. The fourth-order valence-electron chi connectivity index (χ4n) is 2.01. The number of nitro benzene ring substituents is 1. The van der Waals surface area contributed by atoms with Crippen molar-refractivity contribution < 1.29 is 10.0 Å². The number of nitrogens with zero attached hydrogens (tertiary/aromatic N) is 2. The summed E-state index contributed by atoms with van der Waals surface area (Å²) in [7, 11) is 1.95. The van der Waals surface area contributed by atoms with Gasteiger partial charge in [0.15, 0.2) is 0 Å². The Morgan fingerprint density at radius 3 is 2.67 bits per heavy atom. The molecule has 0 spiro atoms. The molecular weight excluding hydrogens is 232 g/mol. The van der Waals surface area contributed by atoms with E-state index < -0.39 is 4.92 Å². The van der Waals surface area contributed by atoms with Crippen molar-refractivity contribution in [1.82, 2.24) is 0 Å². The fraction of sp³-hybridized carbons (Fsp3) is 0.538. The van der Waals surface area contributed by atoms with Gasteiger partial charge in [-0.25, -0.2) is 0 Å². The van der Waals surface area contributed by atoms with Crippen molar-refractivity contribution in [2.24, 2.45) is 0 Å². The predicted molar refractivity (Wildman–Crippen MR) is 71.8 cm³/mol. The molecule has 0 aliphatic carbocycles. The molecule has 1 unspecified atom stereocenters. The molecule has 0 amide bonds. The molecule has 100 valence electrons. The van der Waals surface area contributed by atoms with Gasteiger partial charge < -0.3 is 10.0 Å². The molecule has 1 N–H and O–H groups in total. The summed E-state index contributed by atoms with van der Waals surface area (Å²) in [5.41, 5.74) is 1.46. The first-order valence-electron chi connectivity index (χ1n) is 6.12. The van der Waals surface area contributed by atoms with Gasteiger partial charge in [-0.1, -0.05) is 13.3 Å². The lowest BCUT2D eigenvalue weighted by atomic mass is 10.1. The maximum Gasteiger partial charge on any atom is 0.269 e. The molecule has 0 aliphatic rings. The summed E-state index contributed by atoms with van der Waals surface area (Å²) in [5.74, 6) is 0. The highest BCUT2D eigenvalue weighted by molar-refractivity contribution is 5.57. The van der Waals surface area contributed by atoms with Crippen LogP contribution < -0.4 is 4.90 Å². The Kier molecular flexibility index (Phi) is 5.09. The smallest absolute Gasteiger partial charge is 0.269 e. The van der Waals surface area contributed by atoms with Gasteiger partial charge in [-0.15, -0.1) is 0 Å². The van der Waals surface area contributed by atoms with Crippen LogP contribution in [-0.4, -0.2) is 23.1 Å². The van der Waals surface area contributed by atoms with Crippen LogP contribution in [0.4, 0.5) is 11.4 Å². The first kappa shape index (κ1) is 14.4. The highest BCUT2D eigenvalue weighted by Gasteiger charge is 2.16. The van der Waals surface area contributed by atoms with Crippen molar-refractivity contribution in [3.63, 3.8) is 0 Å². The monoisotopic (exact) mass is 252 g/mol. The van der Waals surface area contributed by atoms with Gasteiger partial charge >= 0.3 is 0 Å². The van der Waals surface area contributed by atoms with Gasteiger partial charge in [-0.2, -0.15) is 0 Å². The van der Waals surface area contributed by atoms with E-state index in [9.17, 15) is 15.2 Å². The largest absolute Gasteiger partial charge is 0.392 e. The molecule has 0 heterocycles.